The first-order valence-corrected chi connectivity index (χ1v) is 9.53. The van der Waals surface area contributed by atoms with Crippen LogP contribution < -0.4 is 0 Å². The van der Waals surface area contributed by atoms with Gasteiger partial charge in [0.05, 0.1) is 11.2 Å². The Morgan fingerprint density at radius 2 is 2.10 bits per heavy atom. The Balaban J connectivity index is 1.48. The Morgan fingerprint density at radius 3 is 2.95 bits per heavy atom. The van der Waals surface area contributed by atoms with Crippen LogP contribution in [0.4, 0.5) is 0 Å². The van der Waals surface area contributed by atoms with Gasteiger partial charge in [-0.05, 0) is 63.2 Å². The van der Waals surface area contributed by atoms with Gasteiger partial charge in [-0.15, -0.1) is 0 Å². The molecule has 0 amide bonds. The topological polar surface area (TPSA) is 32.7 Å². The van der Waals surface area contributed by atoms with Crippen LogP contribution in [0, 0.1) is 5.92 Å². The van der Waals surface area contributed by atoms with Crippen LogP contribution >= 0.6 is 11.8 Å². The molecule has 114 valence electrons. The summed E-state index contributed by atoms with van der Waals surface area (Å²) in [6.45, 7) is 3.23. The molecule has 4 fully saturated rings. The van der Waals surface area contributed by atoms with Gasteiger partial charge in [-0.1, -0.05) is 0 Å². The van der Waals surface area contributed by atoms with E-state index in [9.17, 15) is 5.11 Å². The van der Waals surface area contributed by atoms with Gasteiger partial charge in [0.2, 0.25) is 0 Å². The molecule has 4 heteroatoms. The van der Waals surface area contributed by atoms with Gasteiger partial charge in [0.25, 0.3) is 0 Å². The number of thioether (sulfide) groups is 1. The zero-order valence-corrected chi connectivity index (χ0v) is 13.2. The molecule has 4 saturated heterocycles. The van der Waals surface area contributed by atoms with Crippen molar-refractivity contribution in [1.82, 2.24) is 4.90 Å². The highest BCUT2D eigenvalue weighted by Crippen LogP contribution is 2.47. The SMILES string of the molecule is OC1(C2CCOC3(CCSC3)C2)CCN2CCCC2C1. The van der Waals surface area contributed by atoms with Gasteiger partial charge in [0.15, 0.2) is 0 Å². The molecule has 4 atom stereocenters. The van der Waals surface area contributed by atoms with Gasteiger partial charge in [-0.25, -0.2) is 0 Å². The maximum Gasteiger partial charge on any atom is 0.0784 e. The zero-order chi connectivity index (χ0) is 13.6. The van der Waals surface area contributed by atoms with E-state index < -0.39 is 5.60 Å². The Bertz CT molecular complexity index is 371. The van der Waals surface area contributed by atoms with Crippen molar-refractivity contribution in [3.05, 3.63) is 0 Å². The number of fused-ring (bicyclic) bond motifs is 1. The number of nitrogens with zero attached hydrogens (tertiary/aromatic N) is 1. The van der Waals surface area contributed by atoms with Crippen molar-refractivity contribution >= 4 is 11.8 Å². The first-order chi connectivity index (χ1) is 9.69. The minimum Gasteiger partial charge on any atom is -0.389 e. The Morgan fingerprint density at radius 1 is 1.15 bits per heavy atom. The molecule has 20 heavy (non-hydrogen) atoms. The molecule has 4 aliphatic heterocycles. The maximum atomic E-state index is 11.3. The van der Waals surface area contributed by atoms with E-state index in [1.165, 1.54) is 31.6 Å². The lowest BCUT2D eigenvalue weighted by atomic mass is 9.70. The number of aliphatic hydroxyl groups is 1. The summed E-state index contributed by atoms with van der Waals surface area (Å²) in [5.41, 5.74) is -0.300. The van der Waals surface area contributed by atoms with Crippen LogP contribution in [0.3, 0.4) is 0 Å². The van der Waals surface area contributed by atoms with Gasteiger partial charge in [0.1, 0.15) is 0 Å². The highest BCUT2D eigenvalue weighted by Gasteiger charge is 2.50. The van der Waals surface area contributed by atoms with Crippen molar-refractivity contribution in [2.24, 2.45) is 5.92 Å². The fourth-order valence-electron chi connectivity index (χ4n) is 4.99. The number of hydrogen-bond acceptors (Lipinski definition) is 4. The molecule has 3 nitrogen and oxygen atoms in total. The summed E-state index contributed by atoms with van der Waals surface area (Å²) < 4.78 is 6.14. The molecule has 1 spiro atoms. The third kappa shape index (κ3) is 2.33. The predicted molar refractivity (Wildman–Crippen MR) is 82.1 cm³/mol. The normalized spacial score (nSPS) is 49.6. The van der Waals surface area contributed by atoms with Crippen LogP contribution in [0.25, 0.3) is 0 Å². The monoisotopic (exact) mass is 297 g/mol. The van der Waals surface area contributed by atoms with Crippen molar-refractivity contribution in [2.75, 3.05) is 31.2 Å². The predicted octanol–water partition coefficient (Wildman–Crippen LogP) is 2.28. The highest BCUT2D eigenvalue weighted by atomic mass is 32.2. The number of piperidine rings is 1. The highest BCUT2D eigenvalue weighted by molar-refractivity contribution is 7.99. The lowest BCUT2D eigenvalue weighted by Crippen LogP contribution is -2.55. The number of rotatable bonds is 1. The van der Waals surface area contributed by atoms with Crippen LogP contribution in [0.15, 0.2) is 0 Å². The molecule has 0 aromatic rings. The lowest BCUT2D eigenvalue weighted by molar-refractivity contribution is -0.151. The third-order valence-electron chi connectivity index (χ3n) is 6.24. The van der Waals surface area contributed by atoms with Crippen molar-refractivity contribution in [3.8, 4) is 0 Å². The first kappa shape index (κ1) is 13.9. The van der Waals surface area contributed by atoms with Gasteiger partial charge in [0, 0.05) is 24.9 Å². The van der Waals surface area contributed by atoms with Gasteiger partial charge >= 0.3 is 0 Å². The second kappa shape index (κ2) is 5.15. The standard InChI is InChI=1S/C16H27NO2S/c18-16(4-7-17-6-1-2-14(17)11-16)13-3-8-19-15(10-13)5-9-20-12-15/h13-14,18H,1-12H2. The van der Waals surface area contributed by atoms with Crippen LogP contribution in [-0.2, 0) is 4.74 Å². The van der Waals surface area contributed by atoms with E-state index in [0.717, 1.165) is 44.6 Å². The fourth-order valence-corrected chi connectivity index (χ4v) is 6.37. The summed E-state index contributed by atoms with van der Waals surface area (Å²) in [5, 5.41) is 11.3. The van der Waals surface area contributed by atoms with Crippen molar-refractivity contribution < 1.29 is 9.84 Å². The molecular weight excluding hydrogens is 270 g/mol. The molecular formula is C16H27NO2S. The Hall–Kier alpha value is 0.230. The molecule has 0 bridgehead atoms. The van der Waals surface area contributed by atoms with E-state index in [-0.39, 0.29) is 5.60 Å². The Labute approximate surface area is 126 Å². The Kier molecular flexibility index (Phi) is 3.57. The molecule has 0 aromatic carbocycles. The summed E-state index contributed by atoms with van der Waals surface area (Å²) in [5.74, 6) is 2.86. The minimum atomic E-state index is -0.407. The number of ether oxygens (including phenoxy) is 1. The van der Waals surface area contributed by atoms with Crippen molar-refractivity contribution in [1.29, 1.82) is 0 Å². The minimum absolute atomic E-state index is 0.107. The quantitative estimate of drug-likeness (QED) is 0.805. The third-order valence-corrected chi connectivity index (χ3v) is 7.46. The molecule has 0 aromatic heterocycles. The van der Waals surface area contributed by atoms with Crippen molar-refractivity contribution in [2.45, 2.75) is 62.2 Å². The largest absolute Gasteiger partial charge is 0.389 e. The fraction of sp³-hybridized carbons (Fsp3) is 1.00. The second-order valence-corrected chi connectivity index (χ2v) is 8.52. The van der Waals surface area contributed by atoms with Gasteiger partial charge < -0.3 is 14.7 Å². The maximum absolute atomic E-state index is 11.3. The summed E-state index contributed by atoms with van der Waals surface area (Å²) in [4.78, 5) is 2.61. The first-order valence-electron chi connectivity index (χ1n) is 8.37. The van der Waals surface area contributed by atoms with E-state index in [1.807, 2.05) is 11.8 Å². The second-order valence-electron chi connectivity index (χ2n) is 7.41. The average molecular weight is 297 g/mol. The van der Waals surface area contributed by atoms with E-state index >= 15 is 0 Å². The molecule has 1 N–H and O–H groups in total. The summed E-state index contributed by atoms with van der Waals surface area (Å²) in [6, 6.07) is 0.658. The number of hydrogen-bond donors (Lipinski definition) is 1. The van der Waals surface area contributed by atoms with Crippen LogP contribution in [0.1, 0.15) is 44.9 Å². The van der Waals surface area contributed by atoms with Gasteiger partial charge in [-0.2, -0.15) is 11.8 Å². The summed E-state index contributed by atoms with van der Waals surface area (Å²) in [6.07, 6.45) is 7.98. The lowest BCUT2D eigenvalue weighted by Gasteiger charge is -2.49. The van der Waals surface area contributed by atoms with E-state index in [2.05, 4.69) is 4.90 Å². The molecule has 0 radical (unpaired) electrons. The van der Waals surface area contributed by atoms with Gasteiger partial charge in [-0.3, -0.25) is 0 Å². The molecule has 4 aliphatic rings. The summed E-state index contributed by atoms with van der Waals surface area (Å²) in [7, 11) is 0. The average Bonchev–Trinajstić information content (AvgIpc) is 3.08. The van der Waals surface area contributed by atoms with Crippen LogP contribution in [0.5, 0.6) is 0 Å². The van der Waals surface area contributed by atoms with E-state index in [0.29, 0.717) is 12.0 Å². The van der Waals surface area contributed by atoms with Crippen LogP contribution in [-0.4, -0.2) is 58.5 Å². The molecule has 4 unspecified atom stereocenters. The van der Waals surface area contributed by atoms with Crippen LogP contribution in [0.2, 0.25) is 0 Å². The molecule has 0 saturated carbocycles. The molecule has 0 aliphatic carbocycles. The smallest absolute Gasteiger partial charge is 0.0784 e. The van der Waals surface area contributed by atoms with Crippen molar-refractivity contribution in [3.63, 3.8) is 0 Å². The zero-order valence-electron chi connectivity index (χ0n) is 12.4. The molecule has 4 heterocycles. The van der Waals surface area contributed by atoms with E-state index in [1.54, 1.807) is 0 Å². The molecule has 4 rings (SSSR count). The summed E-state index contributed by atoms with van der Waals surface area (Å²) >= 11 is 2.03. The van der Waals surface area contributed by atoms with E-state index in [4.69, 9.17) is 4.74 Å².